The number of hydrogen-bond donors (Lipinski definition) is 2. The predicted octanol–water partition coefficient (Wildman–Crippen LogP) is 2.41. The molecule has 0 aromatic carbocycles. The van der Waals surface area contributed by atoms with Gasteiger partial charge in [-0.05, 0) is 32.6 Å². The van der Waals surface area contributed by atoms with Crippen LogP contribution >= 0.6 is 0 Å². The van der Waals surface area contributed by atoms with Crippen molar-refractivity contribution in [2.24, 2.45) is 5.92 Å². The minimum atomic E-state index is -0.754. The first-order chi connectivity index (χ1) is 7.11. The summed E-state index contributed by atoms with van der Waals surface area (Å²) in [7, 11) is 0. The van der Waals surface area contributed by atoms with Gasteiger partial charge in [0.1, 0.15) is 6.04 Å². The quantitative estimate of drug-likeness (QED) is 0.705. The second kappa shape index (κ2) is 6.11. The molecule has 2 N–H and O–H groups in total. The lowest BCUT2D eigenvalue weighted by molar-refractivity contribution is -0.139. The molecular formula is C12H23NO2. The lowest BCUT2D eigenvalue weighted by atomic mass is 9.92. The van der Waals surface area contributed by atoms with Crippen molar-refractivity contribution in [1.29, 1.82) is 0 Å². The normalized spacial score (nSPS) is 23.1. The summed E-state index contributed by atoms with van der Waals surface area (Å²) in [5.41, 5.74) is 0. The summed E-state index contributed by atoms with van der Waals surface area (Å²) in [6, 6.07) is -0.0996. The maximum atomic E-state index is 10.7. The molecule has 88 valence electrons. The minimum Gasteiger partial charge on any atom is -0.480 e. The second-order valence-electron chi connectivity index (χ2n) is 4.77. The largest absolute Gasteiger partial charge is 0.480 e. The second-order valence-corrected chi connectivity index (χ2v) is 4.77. The minimum absolute atomic E-state index is 0.328. The third kappa shape index (κ3) is 4.20. The lowest BCUT2D eigenvalue weighted by Crippen LogP contribution is -2.43. The Hall–Kier alpha value is -0.570. The fourth-order valence-electron chi connectivity index (χ4n) is 2.41. The molecule has 0 amide bonds. The maximum absolute atomic E-state index is 10.7. The van der Waals surface area contributed by atoms with Crippen molar-refractivity contribution in [1.82, 2.24) is 5.32 Å². The van der Waals surface area contributed by atoms with Crippen LogP contribution in [-0.4, -0.2) is 23.2 Å². The molecule has 1 saturated carbocycles. The van der Waals surface area contributed by atoms with E-state index in [2.05, 4.69) is 12.2 Å². The number of hydrogen-bond acceptors (Lipinski definition) is 2. The molecule has 0 spiro atoms. The van der Waals surface area contributed by atoms with Crippen LogP contribution in [0.2, 0.25) is 0 Å². The van der Waals surface area contributed by atoms with Gasteiger partial charge in [-0.3, -0.25) is 4.79 Å². The van der Waals surface area contributed by atoms with Gasteiger partial charge in [0.05, 0.1) is 0 Å². The number of carbonyl (C=O) groups is 1. The summed E-state index contributed by atoms with van der Waals surface area (Å²) < 4.78 is 0. The van der Waals surface area contributed by atoms with Crippen LogP contribution in [0.15, 0.2) is 0 Å². The van der Waals surface area contributed by atoms with E-state index >= 15 is 0 Å². The lowest BCUT2D eigenvalue weighted by Gasteiger charge is -2.25. The van der Waals surface area contributed by atoms with Crippen LogP contribution < -0.4 is 5.32 Å². The third-order valence-electron chi connectivity index (χ3n) is 3.49. The Bertz CT molecular complexity index is 198. The van der Waals surface area contributed by atoms with Crippen molar-refractivity contribution in [3.05, 3.63) is 0 Å². The van der Waals surface area contributed by atoms with Crippen LogP contribution in [0.25, 0.3) is 0 Å². The summed E-state index contributed by atoms with van der Waals surface area (Å²) in [5.74, 6) is -0.0928. The molecule has 2 atom stereocenters. The van der Waals surface area contributed by atoms with E-state index in [-0.39, 0.29) is 0 Å². The van der Waals surface area contributed by atoms with E-state index < -0.39 is 12.0 Å². The van der Waals surface area contributed by atoms with Crippen LogP contribution in [0.5, 0.6) is 0 Å². The number of rotatable bonds is 4. The van der Waals surface area contributed by atoms with Crippen molar-refractivity contribution in [3.63, 3.8) is 0 Å². The number of aliphatic carboxylic acids is 1. The van der Waals surface area contributed by atoms with Crippen LogP contribution in [0, 0.1) is 5.92 Å². The molecule has 1 aliphatic carbocycles. The van der Waals surface area contributed by atoms with Gasteiger partial charge in [-0.15, -0.1) is 0 Å². The number of carboxylic acids is 1. The van der Waals surface area contributed by atoms with E-state index in [0.29, 0.717) is 12.0 Å². The smallest absolute Gasteiger partial charge is 0.320 e. The van der Waals surface area contributed by atoms with E-state index in [4.69, 9.17) is 5.11 Å². The first-order valence-corrected chi connectivity index (χ1v) is 6.10. The Labute approximate surface area is 92.3 Å². The summed E-state index contributed by atoms with van der Waals surface area (Å²) in [4.78, 5) is 10.7. The van der Waals surface area contributed by atoms with E-state index in [0.717, 1.165) is 0 Å². The fourth-order valence-corrected chi connectivity index (χ4v) is 2.41. The zero-order valence-electron chi connectivity index (χ0n) is 9.83. The zero-order valence-corrected chi connectivity index (χ0v) is 9.83. The molecule has 0 radical (unpaired) electrons. The van der Waals surface area contributed by atoms with Crippen LogP contribution in [-0.2, 0) is 4.79 Å². The van der Waals surface area contributed by atoms with Crippen LogP contribution in [0.4, 0.5) is 0 Å². The predicted molar refractivity (Wildman–Crippen MR) is 60.9 cm³/mol. The first kappa shape index (κ1) is 12.5. The molecule has 1 fully saturated rings. The van der Waals surface area contributed by atoms with E-state index in [1.54, 1.807) is 6.92 Å². The van der Waals surface area contributed by atoms with E-state index in [1.807, 2.05) is 0 Å². The van der Waals surface area contributed by atoms with Gasteiger partial charge in [0.2, 0.25) is 0 Å². The highest BCUT2D eigenvalue weighted by atomic mass is 16.4. The molecule has 1 aliphatic rings. The Morgan fingerprint density at radius 3 is 2.20 bits per heavy atom. The molecular weight excluding hydrogens is 190 g/mol. The maximum Gasteiger partial charge on any atom is 0.320 e. The highest BCUT2D eigenvalue weighted by Crippen LogP contribution is 2.25. The van der Waals surface area contributed by atoms with Gasteiger partial charge in [0.15, 0.2) is 0 Å². The third-order valence-corrected chi connectivity index (χ3v) is 3.49. The van der Waals surface area contributed by atoms with Gasteiger partial charge in [-0.25, -0.2) is 0 Å². The van der Waals surface area contributed by atoms with E-state index in [1.165, 1.54) is 38.5 Å². The van der Waals surface area contributed by atoms with Crippen molar-refractivity contribution < 1.29 is 9.90 Å². The van der Waals surface area contributed by atoms with Crippen LogP contribution in [0.3, 0.4) is 0 Å². The monoisotopic (exact) mass is 213 g/mol. The molecule has 0 bridgehead atoms. The molecule has 0 saturated heterocycles. The highest BCUT2D eigenvalue weighted by Gasteiger charge is 2.22. The van der Waals surface area contributed by atoms with Gasteiger partial charge in [-0.1, -0.05) is 25.7 Å². The Morgan fingerprint density at radius 1 is 1.20 bits per heavy atom. The Balaban J connectivity index is 2.37. The average Bonchev–Trinajstić information content (AvgIpc) is 2.45. The summed E-state index contributed by atoms with van der Waals surface area (Å²) in [5, 5.41) is 12.0. The molecule has 1 rings (SSSR count). The molecule has 0 heterocycles. The molecule has 0 aliphatic heterocycles. The van der Waals surface area contributed by atoms with Gasteiger partial charge >= 0.3 is 5.97 Å². The first-order valence-electron chi connectivity index (χ1n) is 6.10. The summed E-state index contributed by atoms with van der Waals surface area (Å²) in [6.07, 6.45) is 7.80. The van der Waals surface area contributed by atoms with Crippen molar-refractivity contribution in [3.8, 4) is 0 Å². The fraction of sp³-hybridized carbons (Fsp3) is 0.917. The summed E-state index contributed by atoms with van der Waals surface area (Å²) in [6.45, 7) is 3.84. The van der Waals surface area contributed by atoms with Gasteiger partial charge < -0.3 is 10.4 Å². The number of carboxylic acid groups (broad SMARTS) is 1. The summed E-state index contributed by atoms with van der Waals surface area (Å²) >= 11 is 0. The Morgan fingerprint density at radius 2 is 1.73 bits per heavy atom. The highest BCUT2D eigenvalue weighted by molar-refractivity contribution is 5.72. The van der Waals surface area contributed by atoms with Crippen molar-refractivity contribution >= 4 is 5.97 Å². The average molecular weight is 213 g/mol. The molecule has 1 unspecified atom stereocenters. The standard InChI is InChI=1S/C12H23NO2/c1-9(13-10(2)12(14)15)11-7-5-3-4-6-8-11/h9-11,13H,3-8H2,1-2H3,(H,14,15)/t9-,10?/m0/s1. The molecule has 3 nitrogen and oxygen atoms in total. The Kier molecular flexibility index (Phi) is 5.09. The molecule has 15 heavy (non-hydrogen) atoms. The van der Waals surface area contributed by atoms with Gasteiger partial charge in [-0.2, -0.15) is 0 Å². The van der Waals surface area contributed by atoms with Gasteiger partial charge in [0, 0.05) is 6.04 Å². The topological polar surface area (TPSA) is 49.3 Å². The van der Waals surface area contributed by atoms with Crippen molar-refractivity contribution in [2.75, 3.05) is 0 Å². The SMILES string of the molecule is CC(N[C@@H](C)C1CCCCCC1)C(=O)O. The molecule has 0 aromatic rings. The van der Waals surface area contributed by atoms with Crippen LogP contribution in [0.1, 0.15) is 52.4 Å². The number of nitrogens with one attached hydrogen (secondary N) is 1. The zero-order chi connectivity index (χ0) is 11.3. The molecule has 3 heteroatoms. The van der Waals surface area contributed by atoms with E-state index in [9.17, 15) is 4.79 Å². The molecule has 0 aromatic heterocycles. The van der Waals surface area contributed by atoms with Crippen molar-refractivity contribution in [2.45, 2.75) is 64.5 Å². The van der Waals surface area contributed by atoms with Gasteiger partial charge in [0.25, 0.3) is 0 Å².